The van der Waals surface area contributed by atoms with Gasteiger partial charge in [0.2, 0.25) is 6.79 Å². The van der Waals surface area contributed by atoms with Gasteiger partial charge in [0, 0.05) is 12.6 Å². The molecule has 0 N–H and O–H groups in total. The summed E-state index contributed by atoms with van der Waals surface area (Å²) in [5.74, 6) is 2.88. The molecular weight excluding hydrogens is 438 g/mol. The van der Waals surface area contributed by atoms with Crippen LogP contribution in [0.15, 0.2) is 18.2 Å². The van der Waals surface area contributed by atoms with E-state index in [1.807, 2.05) is 6.07 Å². The number of nitrogens with zero attached hydrogens (tertiary/aromatic N) is 3. The van der Waals surface area contributed by atoms with Gasteiger partial charge in [-0.2, -0.15) is 0 Å². The maximum absolute atomic E-state index is 11.0. The number of aldehydes is 1. The van der Waals surface area contributed by atoms with Crippen LogP contribution in [-0.4, -0.2) is 87.7 Å². The molecule has 6 heteroatoms. The van der Waals surface area contributed by atoms with E-state index in [1.165, 1.54) is 63.7 Å². The first-order valence-corrected chi connectivity index (χ1v) is 13.8. The molecule has 0 saturated carbocycles. The zero-order valence-electron chi connectivity index (χ0n) is 23.3. The van der Waals surface area contributed by atoms with Crippen LogP contribution in [0.1, 0.15) is 77.2 Å². The van der Waals surface area contributed by atoms with Gasteiger partial charge < -0.3 is 24.1 Å². The zero-order chi connectivity index (χ0) is 25.6. The third-order valence-electron chi connectivity index (χ3n) is 7.20. The number of benzene rings is 1. The van der Waals surface area contributed by atoms with Crippen LogP contribution < -0.4 is 9.47 Å². The van der Waals surface area contributed by atoms with Gasteiger partial charge in [-0.25, -0.2) is 0 Å². The number of fused-ring (bicyclic) bond motifs is 1. The topological polar surface area (TPSA) is 45.2 Å². The van der Waals surface area contributed by atoms with Crippen LogP contribution in [0.4, 0.5) is 0 Å². The Labute approximate surface area is 214 Å². The van der Waals surface area contributed by atoms with Gasteiger partial charge in [0.25, 0.3) is 0 Å². The van der Waals surface area contributed by atoms with Crippen LogP contribution in [0.5, 0.6) is 11.5 Å². The van der Waals surface area contributed by atoms with Gasteiger partial charge in [-0.05, 0) is 96.0 Å². The molecule has 1 fully saturated rings. The Morgan fingerprint density at radius 2 is 1.80 bits per heavy atom. The number of hydrogen-bond acceptors (Lipinski definition) is 6. The number of unbranched alkanes of at least 4 members (excludes halogenated alkanes) is 1. The van der Waals surface area contributed by atoms with Crippen molar-refractivity contribution in [1.29, 1.82) is 0 Å². The monoisotopic (exact) mass is 489 g/mol. The lowest BCUT2D eigenvalue weighted by atomic mass is 9.91. The average molecular weight is 490 g/mol. The minimum atomic E-state index is 0.317. The third-order valence-corrected chi connectivity index (χ3v) is 7.20. The molecule has 0 radical (unpaired) electrons. The first-order chi connectivity index (χ1) is 16.9. The SMILES string of the molecule is CCCCN(C)CCCN(C)C.CCC[C@@H](C)C[C@H]1CC(c2ccc3c(c2)OCO3)CN1CC=O. The number of ether oxygens (including phenoxy) is 2. The molecule has 1 aromatic carbocycles. The van der Waals surface area contributed by atoms with Gasteiger partial charge in [-0.1, -0.05) is 46.1 Å². The molecule has 3 atom stereocenters. The molecule has 3 rings (SSSR count). The number of rotatable bonds is 14. The molecule has 2 aliphatic rings. The summed E-state index contributed by atoms with van der Waals surface area (Å²) >= 11 is 0. The molecule has 0 aromatic heterocycles. The Hall–Kier alpha value is -1.63. The number of carbonyl (C=O) groups is 1. The summed E-state index contributed by atoms with van der Waals surface area (Å²) in [6, 6.07) is 6.78. The average Bonchev–Trinajstić information content (AvgIpc) is 3.45. The third kappa shape index (κ3) is 10.5. The summed E-state index contributed by atoms with van der Waals surface area (Å²) in [4.78, 5) is 18.1. The van der Waals surface area contributed by atoms with Crippen LogP contribution in [0.2, 0.25) is 0 Å². The molecule has 0 bridgehead atoms. The molecule has 35 heavy (non-hydrogen) atoms. The molecule has 6 nitrogen and oxygen atoms in total. The lowest BCUT2D eigenvalue weighted by molar-refractivity contribution is -0.109. The van der Waals surface area contributed by atoms with Crippen LogP contribution in [-0.2, 0) is 4.79 Å². The second-order valence-corrected chi connectivity index (χ2v) is 10.8. The molecule has 200 valence electrons. The summed E-state index contributed by atoms with van der Waals surface area (Å²) in [5.41, 5.74) is 1.30. The molecule has 1 saturated heterocycles. The van der Waals surface area contributed by atoms with Crippen molar-refractivity contribution in [2.75, 3.05) is 60.7 Å². The molecule has 0 spiro atoms. The van der Waals surface area contributed by atoms with Gasteiger partial charge in [0.05, 0.1) is 6.54 Å². The molecule has 2 heterocycles. The van der Waals surface area contributed by atoms with E-state index in [0.29, 0.717) is 25.3 Å². The van der Waals surface area contributed by atoms with Crippen molar-refractivity contribution < 1.29 is 14.3 Å². The van der Waals surface area contributed by atoms with Crippen molar-refractivity contribution >= 4 is 6.29 Å². The van der Waals surface area contributed by atoms with E-state index in [2.05, 4.69) is 68.7 Å². The molecule has 1 unspecified atom stereocenters. The fourth-order valence-corrected chi connectivity index (χ4v) is 5.23. The van der Waals surface area contributed by atoms with Crippen LogP contribution in [0.3, 0.4) is 0 Å². The molecule has 0 aliphatic carbocycles. The smallest absolute Gasteiger partial charge is 0.231 e. The summed E-state index contributed by atoms with van der Waals surface area (Å²) in [7, 11) is 6.48. The van der Waals surface area contributed by atoms with E-state index in [9.17, 15) is 4.79 Å². The first kappa shape index (κ1) is 29.6. The number of hydrogen-bond donors (Lipinski definition) is 0. The Bertz CT molecular complexity index is 727. The minimum Gasteiger partial charge on any atom is -0.454 e. The van der Waals surface area contributed by atoms with E-state index < -0.39 is 0 Å². The second kappa shape index (κ2) is 16.2. The Morgan fingerprint density at radius 1 is 1.06 bits per heavy atom. The van der Waals surface area contributed by atoms with Crippen molar-refractivity contribution in [3.8, 4) is 11.5 Å². The Kier molecular flexibility index (Phi) is 13.7. The highest BCUT2D eigenvalue weighted by atomic mass is 16.7. The van der Waals surface area contributed by atoms with Gasteiger partial charge in [0.1, 0.15) is 6.29 Å². The maximum Gasteiger partial charge on any atom is 0.231 e. The highest BCUT2D eigenvalue weighted by Gasteiger charge is 2.33. The van der Waals surface area contributed by atoms with Crippen molar-refractivity contribution in [2.24, 2.45) is 5.92 Å². The lowest BCUT2D eigenvalue weighted by Gasteiger charge is -2.24. The highest BCUT2D eigenvalue weighted by molar-refractivity contribution is 5.52. The van der Waals surface area contributed by atoms with Crippen molar-refractivity contribution in [3.05, 3.63) is 23.8 Å². The van der Waals surface area contributed by atoms with Gasteiger partial charge in [-0.3, -0.25) is 4.90 Å². The Morgan fingerprint density at radius 3 is 2.49 bits per heavy atom. The van der Waals surface area contributed by atoms with E-state index >= 15 is 0 Å². The fraction of sp³-hybridized carbons (Fsp3) is 0.759. The second-order valence-electron chi connectivity index (χ2n) is 10.8. The van der Waals surface area contributed by atoms with Crippen LogP contribution >= 0.6 is 0 Å². The molecular formula is C29H51N3O3. The minimum absolute atomic E-state index is 0.317. The largest absolute Gasteiger partial charge is 0.454 e. The van der Waals surface area contributed by atoms with E-state index in [-0.39, 0.29) is 0 Å². The van der Waals surface area contributed by atoms with Crippen LogP contribution in [0.25, 0.3) is 0 Å². The zero-order valence-corrected chi connectivity index (χ0v) is 23.3. The normalized spacial score (nSPS) is 20.2. The van der Waals surface area contributed by atoms with Gasteiger partial charge in [-0.15, -0.1) is 0 Å². The standard InChI is InChI=1S/C19H27NO3.C10H24N2/c1-3-4-14(2)9-17-10-16(12-20(17)7-8-21)15-5-6-18-19(11-15)23-13-22-18;1-5-6-9-12(4)10-7-8-11(2)3/h5-6,8,11,14,16-17H,3-4,7,9-10,12-13H2,1-2H3;5-10H2,1-4H3/t14-,16?,17+;/m1./s1. The number of carbonyl (C=O) groups excluding carboxylic acids is 1. The lowest BCUT2D eigenvalue weighted by Crippen LogP contribution is -2.32. The first-order valence-electron chi connectivity index (χ1n) is 13.8. The van der Waals surface area contributed by atoms with E-state index in [1.54, 1.807) is 0 Å². The van der Waals surface area contributed by atoms with E-state index in [4.69, 9.17) is 9.47 Å². The predicted octanol–water partition coefficient (Wildman–Crippen LogP) is 5.27. The van der Waals surface area contributed by atoms with Crippen molar-refractivity contribution in [2.45, 2.75) is 77.7 Å². The van der Waals surface area contributed by atoms with E-state index in [0.717, 1.165) is 36.7 Å². The molecule has 2 aliphatic heterocycles. The fourth-order valence-electron chi connectivity index (χ4n) is 5.23. The maximum atomic E-state index is 11.0. The summed E-state index contributed by atoms with van der Waals surface area (Å²) in [6.07, 6.45) is 9.76. The predicted molar refractivity (Wildman–Crippen MR) is 146 cm³/mol. The summed E-state index contributed by atoms with van der Waals surface area (Å²) in [6.45, 7) is 12.3. The summed E-state index contributed by atoms with van der Waals surface area (Å²) < 4.78 is 10.9. The van der Waals surface area contributed by atoms with Crippen molar-refractivity contribution in [1.82, 2.24) is 14.7 Å². The van der Waals surface area contributed by atoms with Gasteiger partial charge in [0.15, 0.2) is 11.5 Å². The van der Waals surface area contributed by atoms with Crippen molar-refractivity contribution in [3.63, 3.8) is 0 Å². The highest BCUT2D eigenvalue weighted by Crippen LogP contribution is 2.39. The molecule has 0 amide bonds. The quantitative estimate of drug-likeness (QED) is 0.332. The Balaban J connectivity index is 0.000000307. The van der Waals surface area contributed by atoms with Crippen LogP contribution in [0, 0.1) is 5.92 Å². The molecule has 1 aromatic rings. The summed E-state index contributed by atoms with van der Waals surface area (Å²) in [5, 5.41) is 0. The van der Waals surface area contributed by atoms with Gasteiger partial charge >= 0.3 is 0 Å². The number of likely N-dealkylation sites (tertiary alicyclic amines) is 1.